The van der Waals surface area contributed by atoms with Gasteiger partial charge in [-0.15, -0.1) is 24.0 Å². The zero-order valence-electron chi connectivity index (χ0n) is 16.3. The minimum absolute atomic E-state index is 0. The van der Waals surface area contributed by atoms with Crippen molar-refractivity contribution in [1.29, 1.82) is 0 Å². The molecular formula is C18H34IN5O. The Morgan fingerprint density at radius 1 is 1.36 bits per heavy atom. The van der Waals surface area contributed by atoms with Gasteiger partial charge in [0.05, 0.1) is 5.69 Å². The summed E-state index contributed by atoms with van der Waals surface area (Å²) in [6, 6.07) is 0.600. The molecule has 0 spiro atoms. The maximum Gasteiger partial charge on any atom is 0.216 e. The maximum atomic E-state index is 5.60. The van der Waals surface area contributed by atoms with Gasteiger partial charge in [0.15, 0.2) is 5.96 Å². The molecule has 0 saturated carbocycles. The summed E-state index contributed by atoms with van der Waals surface area (Å²) in [5.74, 6) is 3.09. The van der Waals surface area contributed by atoms with E-state index in [0.29, 0.717) is 24.4 Å². The lowest BCUT2D eigenvalue weighted by Gasteiger charge is -2.27. The Morgan fingerprint density at radius 2 is 2.12 bits per heavy atom. The molecule has 1 aliphatic rings. The monoisotopic (exact) mass is 463 g/mol. The van der Waals surface area contributed by atoms with Crippen LogP contribution in [-0.2, 0) is 6.54 Å². The van der Waals surface area contributed by atoms with E-state index in [1.165, 1.54) is 25.9 Å². The van der Waals surface area contributed by atoms with Crippen LogP contribution in [0, 0.1) is 19.8 Å². The minimum Gasteiger partial charge on any atom is -0.444 e. The van der Waals surface area contributed by atoms with Gasteiger partial charge in [-0.3, -0.25) is 4.90 Å². The molecule has 2 N–H and O–H groups in total. The largest absolute Gasteiger partial charge is 0.444 e. The SMILES string of the molecule is CCNC(=NCc1nc(C)c(C)o1)NC[C@H]1CCCN1CC(C)C.I. The average molecular weight is 463 g/mol. The molecule has 0 aromatic carbocycles. The smallest absolute Gasteiger partial charge is 0.216 e. The van der Waals surface area contributed by atoms with Crippen LogP contribution in [0.4, 0.5) is 0 Å². The molecule has 6 nitrogen and oxygen atoms in total. The number of guanidine groups is 1. The molecule has 0 radical (unpaired) electrons. The lowest BCUT2D eigenvalue weighted by molar-refractivity contribution is 0.226. The Labute approximate surface area is 169 Å². The van der Waals surface area contributed by atoms with Gasteiger partial charge >= 0.3 is 0 Å². The van der Waals surface area contributed by atoms with E-state index in [1.807, 2.05) is 13.8 Å². The predicted octanol–water partition coefficient (Wildman–Crippen LogP) is 3.08. The lowest BCUT2D eigenvalue weighted by atomic mass is 10.1. The number of likely N-dealkylation sites (tertiary alicyclic amines) is 1. The van der Waals surface area contributed by atoms with Crippen molar-refractivity contribution in [2.45, 2.75) is 60.0 Å². The molecule has 144 valence electrons. The summed E-state index contributed by atoms with van der Waals surface area (Å²) in [5, 5.41) is 6.79. The zero-order chi connectivity index (χ0) is 17.5. The average Bonchev–Trinajstić information content (AvgIpc) is 3.08. The molecule has 1 aromatic heterocycles. The fourth-order valence-electron chi connectivity index (χ4n) is 3.15. The Morgan fingerprint density at radius 3 is 2.72 bits per heavy atom. The van der Waals surface area contributed by atoms with E-state index in [2.05, 4.69) is 46.3 Å². The molecule has 1 aliphatic heterocycles. The summed E-state index contributed by atoms with van der Waals surface area (Å²) in [7, 11) is 0. The van der Waals surface area contributed by atoms with Crippen molar-refractivity contribution < 1.29 is 4.42 Å². The van der Waals surface area contributed by atoms with Crippen LogP contribution in [0.25, 0.3) is 0 Å². The van der Waals surface area contributed by atoms with Crippen LogP contribution >= 0.6 is 24.0 Å². The molecule has 7 heteroatoms. The fraction of sp³-hybridized carbons (Fsp3) is 0.778. The molecule has 0 bridgehead atoms. The number of oxazole rings is 1. The van der Waals surface area contributed by atoms with Gasteiger partial charge in [-0.25, -0.2) is 9.98 Å². The van der Waals surface area contributed by atoms with Crippen LogP contribution in [0.3, 0.4) is 0 Å². The van der Waals surface area contributed by atoms with E-state index < -0.39 is 0 Å². The topological polar surface area (TPSA) is 65.7 Å². The first kappa shape index (κ1) is 22.2. The standard InChI is InChI=1S/C18H33N5O.HI/c1-6-19-18(21-11-17-22-14(4)15(5)24-17)20-10-16-8-7-9-23(16)12-13(2)3;/h13,16H,6-12H2,1-5H3,(H2,19,20,21);1H/t16-;/m1./s1. The van der Waals surface area contributed by atoms with E-state index in [-0.39, 0.29) is 24.0 Å². The second-order valence-electron chi connectivity index (χ2n) is 7.01. The Balaban J connectivity index is 0.00000312. The molecule has 1 aromatic rings. The number of nitrogens with zero attached hydrogens (tertiary/aromatic N) is 3. The van der Waals surface area contributed by atoms with Crippen molar-refractivity contribution in [3.63, 3.8) is 0 Å². The first-order valence-corrected chi connectivity index (χ1v) is 9.18. The highest BCUT2D eigenvalue weighted by molar-refractivity contribution is 14.0. The molecule has 2 rings (SSSR count). The lowest BCUT2D eigenvalue weighted by Crippen LogP contribution is -2.45. The van der Waals surface area contributed by atoms with Gasteiger partial charge in [-0.2, -0.15) is 0 Å². The number of halogens is 1. The second-order valence-corrected chi connectivity index (χ2v) is 7.01. The first-order valence-electron chi connectivity index (χ1n) is 9.18. The highest BCUT2D eigenvalue weighted by Crippen LogP contribution is 2.18. The Bertz CT molecular complexity index is 524. The van der Waals surface area contributed by atoms with Gasteiger partial charge in [0.1, 0.15) is 12.3 Å². The second kappa shape index (κ2) is 11.0. The maximum absolute atomic E-state index is 5.60. The van der Waals surface area contributed by atoms with Crippen molar-refractivity contribution in [3.05, 3.63) is 17.3 Å². The van der Waals surface area contributed by atoms with Gasteiger partial charge in [-0.1, -0.05) is 13.8 Å². The predicted molar refractivity (Wildman–Crippen MR) is 114 cm³/mol. The van der Waals surface area contributed by atoms with Crippen LogP contribution < -0.4 is 10.6 Å². The Kier molecular flexibility index (Phi) is 9.78. The molecule has 2 heterocycles. The number of hydrogen-bond acceptors (Lipinski definition) is 4. The van der Waals surface area contributed by atoms with Crippen LogP contribution in [0.1, 0.15) is 51.0 Å². The third-order valence-electron chi connectivity index (χ3n) is 4.39. The van der Waals surface area contributed by atoms with Crippen LogP contribution in [0.5, 0.6) is 0 Å². The van der Waals surface area contributed by atoms with Gasteiger partial charge in [0, 0.05) is 25.7 Å². The molecule has 0 unspecified atom stereocenters. The molecular weight excluding hydrogens is 429 g/mol. The van der Waals surface area contributed by atoms with Crippen LogP contribution in [-0.4, -0.2) is 48.1 Å². The van der Waals surface area contributed by atoms with Gasteiger partial charge in [0.25, 0.3) is 0 Å². The molecule has 1 fully saturated rings. The third-order valence-corrected chi connectivity index (χ3v) is 4.39. The molecule has 25 heavy (non-hydrogen) atoms. The highest BCUT2D eigenvalue weighted by Gasteiger charge is 2.24. The van der Waals surface area contributed by atoms with Crippen LogP contribution in [0.2, 0.25) is 0 Å². The highest BCUT2D eigenvalue weighted by atomic mass is 127. The van der Waals surface area contributed by atoms with E-state index in [9.17, 15) is 0 Å². The summed E-state index contributed by atoms with van der Waals surface area (Å²) in [6.07, 6.45) is 2.55. The number of aryl methyl sites for hydroxylation is 2. The summed E-state index contributed by atoms with van der Waals surface area (Å²) < 4.78 is 5.60. The quantitative estimate of drug-likeness (QED) is 0.370. The molecule has 0 aliphatic carbocycles. The number of aliphatic imine (C=N–C) groups is 1. The van der Waals surface area contributed by atoms with E-state index in [4.69, 9.17) is 4.42 Å². The van der Waals surface area contributed by atoms with Crippen LogP contribution in [0.15, 0.2) is 9.41 Å². The van der Waals surface area contributed by atoms with E-state index >= 15 is 0 Å². The summed E-state index contributed by atoms with van der Waals surface area (Å²) in [4.78, 5) is 11.6. The summed E-state index contributed by atoms with van der Waals surface area (Å²) >= 11 is 0. The van der Waals surface area contributed by atoms with Crippen molar-refractivity contribution >= 4 is 29.9 Å². The normalized spacial score (nSPS) is 18.5. The molecule has 1 atom stereocenters. The van der Waals surface area contributed by atoms with Gasteiger partial charge in [-0.05, 0) is 46.1 Å². The first-order chi connectivity index (χ1) is 11.5. The number of hydrogen-bond donors (Lipinski definition) is 2. The minimum atomic E-state index is 0. The van der Waals surface area contributed by atoms with Crippen molar-refractivity contribution in [2.75, 3.05) is 26.2 Å². The fourth-order valence-corrected chi connectivity index (χ4v) is 3.15. The number of nitrogens with one attached hydrogen (secondary N) is 2. The molecule has 1 saturated heterocycles. The Hall–Kier alpha value is -0.830. The number of aromatic nitrogens is 1. The number of rotatable bonds is 7. The summed E-state index contributed by atoms with van der Waals surface area (Å²) in [6.45, 7) is 15.2. The summed E-state index contributed by atoms with van der Waals surface area (Å²) in [5.41, 5.74) is 0.938. The van der Waals surface area contributed by atoms with E-state index in [1.54, 1.807) is 0 Å². The van der Waals surface area contributed by atoms with Gasteiger partial charge < -0.3 is 15.1 Å². The third kappa shape index (κ3) is 7.13. The van der Waals surface area contributed by atoms with Crippen molar-refractivity contribution in [3.8, 4) is 0 Å². The zero-order valence-corrected chi connectivity index (χ0v) is 18.6. The van der Waals surface area contributed by atoms with Gasteiger partial charge in [0.2, 0.25) is 5.89 Å². The van der Waals surface area contributed by atoms with Crippen molar-refractivity contribution in [1.82, 2.24) is 20.5 Å². The van der Waals surface area contributed by atoms with Crippen molar-refractivity contribution in [2.24, 2.45) is 10.9 Å². The van der Waals surface area contributed by atoms with E-state index in [0.717, 1.165) is 30.5 Å². The molecule has 0 amide bonds.